The molecule has 0 aromatic heterocycles. The summed E-state index contributed by atoms with van der Waals surface area (Å²) in [7, 11) is 0. The number of unbranched alkanes of at least 4 members (excludes halogenated alkanes) is 13. The second kappa shape index (κ2) is 25.0. The third-order valence-corrected chi connectivity index (χ3v) is 7.78. The Morgan fingerprint density at radius 1 is 0.786 bits per heavy atom. The predicted octanol–water partition coefficient (Wildman–Crippen LogP) is 4.43. The summed E-state index contributed by atoms with van der Waals surface area (Å²) >= 11 is 0. The number of rotatable bonds is 25. The van der Waals surface area contributed by atoms with Crippen molar-refractivity contribution in [3.63, 3.8) is 0 Å². The summed E-state index contributed by atoms with van der Waals surface area (Å²) in [6.45, 7) is 3.62. The molecule has 0 spiro atoms. The number of ether oxygens (including phenoxy) is 2. The minimum Gasteiger partial charge on any atom is -0.394 e. The van der Waals surface area contributed by atoms with E-state index in [0.717, 1.165) is 44.9 Å². The first kappa shape index (κ1) is 38.7. The van der Waals surface area contributed by atoms with Crippen molar-refractivity contribution in [2.24, 2.45) is 0 Å². The van der Waals surface area contributed by atoms with Crippen LogP contribution in [0.2, 0.25) is 0 Å². The number of hydrogen-bond donors (Lipinski definition) is 6. The van der Waals surface area contributed by atoms with Crippen LogP contribution < -0.4 is 5.32 Å². The highest BCUT2D eigenvalue weighted by Gasteiger charge is 2.44. The minimum atomic E-state index is -1.56. The summed E-state index contributed by atoms with van der Waals surface area (Å²) in [5, 5.41) is 53.5. The SMILES string of the molecule is CCCC/C=C/CC/C=C/C(O)C(COC1OC(CO)C(O)C(O)C1O)NC(=O)CCCCCCCCCCCCC. The number of carbonyl (C=O) groups is 1. The minimum absolute atomic E-state index is 0.195. The number of aliphatic hydroxyl groups excluding tert-OH is 5. The van der Waals surface area contributed by atoms with E-state index in [4.69, 9.17) is 9.47 Å². The highest BCUT2D eigenvalue weighted by Crippen LogP contribution is 2.22. The van der Waals surface area contributed by atoms with Gasteiger partial charge in [-0.05, 0) is 25.7 Å². The lowest BCUT2D eigenvalue weighted by Gasteiger charge is -2.40. The van der Waals surface area contributed by atoms with Crippen molar-refractivity contribution in [1.82, 2.24) is 5.32 Å². The average molecular weight is 600 g/mol. The molecule has 1 fully saturated rings. The third kappa shape index (κ3) is 17.1. The molecule has 6 N–H and O–H groups in total. The topological polar surface area (TPSA) is 149 Å². The molecule has 1 aliphatic rings. The van der Waals surface area contributed by atoms with Gasteiger partial charge in [0.25, 0.3) is 0 Å². The Labute approximate surface area is 254 Å². The first-order valence-electron chi connectivity index (χ1n) is 16.6. The van der Waals surface area contributed by atoms with Gasteiger partial charge in [0.2, 0.25) is 5.91 Å². The second-order valence-electron chi connectivity index (χ2n) is 11.6. The lowest BCUT2D eigenvalue weighted by molar-refractivity contribution is -0.302. The van der Waals surface area contributed by atoms with E-state index in [-0.39, 0.29) is 12.5 Å². The Bertz CT molecular complexity index is 716. The summed E-state index contributed by atoms with van der Waals surface area (Å²) in [4.78, 5) is 12.7. The Kier molecular flexibility index (Phi) is 23.1. The van der Waals surface area contributed by atoms with Gasteiger partial charge in [0.1, 0.15) is 24.4 Å². The zero-order valence-electron chi connectivity index (χ0n) is 26.2. The standard InChI is InChI=1S/C33H61NO8/c1-3-5-7-9-11-13-14-15-17-19-21-23-29(37)34-26(27(36)22-20-18-16-12-10-8-6-4-2)25-41-33-32(40)31(39)30(38)28(24-35)42-33/h10,12,20,22,26-28,30-33,35-36,38-40H,3-9,11,13-19,21,23-25H2,1-2H3,(H,34,37)/b12-10+,22-20+. The molecule has 42 heavy (non-hydrogen) atoms. The van der Waals surface area contributed by atoms with Gasteiger partial charge in [0, 0.05) is 6.42 Å². The lowest BCUT2D eigenvalue weighted by Crippen LogP contribution is -2.60. The molecule has 0 aromatic rings. The quantitative estimate of drug-likeness (QED) is 0.0667. The molecule has 9 nitrogen and oxygen atoms in total. The van der Waals surface area contributed by atoms with Crippen molar-refractivity contribution in [3.05, 3.63) is 24.3 Å². The Morgan fingerprint density at radius 2 is 1.36 bits per heavy atom. The molecule has 0 bridgehead atoms. The fraction of sp³-hybridized carbons (Fsp3) is 0.848. The van der Waals surface area contributed by atoms with E-state index in [0.29, 0.717) is 6.42 Å². The van der Waals surface area contributed by atoms with E-state index in [2.05, 4.69) is 31.3 Å². The summed E-state index contributed by atoms with van der Waals surface area (Å²) in [6, 6.07) is -0.811. The molecule has 9 heteroatoms. The van der Waals surface area contributed by atoms with Crippen LogP contribution in [0.1, 0.15) is 123 Å². The molecule has 1 rings (SSSR count). The Hall–Kier alpha value is -1.33. The summed E-state index contributed by atoms with van der Waals surface area (Å²) in [6.07, 6.45) is 18.1. The summed E-state index contributed by atoms with van der Waals surface area (Å²) in [5.41, 5.74) is 0. The highest BCUT2D eigenvalue weighted by atomic mass is 16.7. The number of hydrogen-bond acceptors (Lipinski definition) is 8. The van der Waals surface area contributed by atoms with Crippen LogP contribution in [-0.2, 0) is 14.3 Å². The van der Waals surface area contributed by atoms with Crippen LogP contribution in [0.5, 0.6) is 0 Å². The van der Waals surface area contributed by atoms with Crippen LogP contribution in [0.25, 0.3) is 0 Å². The molecule has 0 radical (unpaired) electrons. The van der Waals surface area contributed by atoms with Crippen molar-refractivity contribution in [3.8, 4) is 0 Å². The van der Waals surface area contributed by atoms with Crippen LogP contribution in [0.15, 0.2) is 24.3 Å². The second-order valence-corrected chi connectivity index (χ2v) is 11.6. The molecule has 0 aliphatic carbocycles. The van der Waals surface area contributed by atoms with Crippen LogP contribution >= 0.6 is 0 Å². The van der Waals surface area contributed by atoms with Crippen LogP contribution in [0.3, 0.4) is 0 Å². The zero-order chi connectivity index (χ0) is 31.0. The maximum atomic E-state index is 12.7. The van der Waals surface area contributed by atoms with Crippen LogP contribution in [-0.4, -0.2) is 87.5 Å². The number of carbonyl (C=O) groups excluding carboxylic acids is 1. The first-order valence-corrected chi connectivity index (χ1v) is 16.6. The highest BCUT2D eigenvalue weighted by molar-refractivity contribution is 5.76. The molecule has 246 valence electrons. The van der Waals surface area contributed by atoms with Crippen LogP contribution in [0, 0.1) is 0 Å². The molecular weight excluding hydrogens is 538 g/mol. The van der Waals surface area contributed by atoms with Gasteiger partial charge in [-0.15, -0.1) is 0 Å². The molecule has 1 heterocycles. The zero-order valence-corrected chi connectivity index (χ0v) is 26.2. The monoisotopic (exact) mass is 599 g/mol. The van der Waals surface area contributed by atoms with Gasteiger partial charge in [-0.25, -0.2) is 0 Å². The van der Waals surface area contributed by atoms with E-state index in [9.17, 15) is 30.3 Å². The number of nitrogens with one attached hydrogen (secondary N) is 1. The molecule has 0 saturated carbocycles. The van der Waals surface area contributed by atoms with E-state index in [1.54, 1.807) is 6.08 Å². The fourth-order valence-corrected chi connectivity index (χ4v) is 4.98. The molecule has 0 aromatic carbocycles. The molecule has 1 amide bonds. The van der Waals surface area contributed by atoms with Crippen molar-refractivity contribution in [1.29, 1.82) is 0 Å². The average Bonchev–Trinajstić information content (AvgIpc) is 2.98. The fourth-order valence-electron chi connectivity index (χ4n) is 4.98. The summed E-state index contributed by atoms with van der Waals surface area (Å²) < 4.78 is 11.1. The Morgan fingerprint density at radius 3 is 1.98 bits per heavy atom. The number of allylic oxidation sites excluding steroid dienone is 3. The number of amides is 1. The van der Waals surface area contributed by atoms with Gasteiger partial charge in [0.05, 0.1) is 25.4 Å². The predicted molar refractivity (Wildman–Crippen MR) is 166 cm³/mol. The van der Waals surface area contributed by atoms with E-state index < -0.39 is 49.5 Å². The van der Waals surface area contributed by atoms with Gasteiger partial charge < -0.3 is 40.3 Å². The lowest BCUT2D eigenvalue weighted by atomic mass is 9.99. The first-order chi connectivity index (χ1) is 20.3. The summed E-state index contributed by atoms with van der Waals surface area (Å²) in [5.74, 6) is -0.195. The molecule has 7 unspecified atom stereocenters. The Balaban J connectivity index is 2.54. The van der Waals surface area contributed by atoms with Gasteiger partial charge >= 0.3 is 0 Å². The van der Waals surface area contributed by atoms with Gasteiger partial charge in [-0.1, -0.05) is 115 Å². The van der Waals surface area contributed by atoms with Gasteiger partial charge in [-0.2, -0.15) is 0 Å². The molecule has 7 atom stereocenters. The van der Waals surface area contributed by atoms with Crippen molar-refractivity contribution >= 4 is 5.91 Å². The number of aliphatic hydroxyl groups is 5. The maximum absolute atomic E-state index is 12.7. The third-order valence-electron chi connectivity index (χ3n) is 7.78. The van der Waals surface area contributed by atoms with Gasteiger partial charge in [-0.3, -0.25) is 4.79 Å². The molecule has 1 saturated heterocycles. The van der Waals surface area contributed by atoms with Gasteiger partial charge in [0.15, 0.2) is 6.29 Å². The smallest absolute Gasteiger partial charge is 0.220 e. The molecular formula is C33H61NO8. The van der Waals surface area contributed by atoms with E-state index in [1.807, 2.05) is 6.08 Å². The van der Waals surface area contributed by atoms with E-state index in [1.165, 1.54) is 57.8 Å². The normalized spacial score (nSPS) is 24.4. The molecule has 1 aliphatic heterocycles. The van der Waals surface area contributed by atoms with E-state index >= 15 is 0 Å². The largest absolute Gasteiger partial charge is 0.394 e. The van der Waals surface area contributed by atoms with Crippen molar-refractivity contribution in [2.75, 3.05) is 13.2 Å². The maximum Gasteiger partial charge on any atom is 0.220 e. The van der Waals surface area contributed by atoms with Crippen molar-refractivity contribution < 1.29 is 39.8 Å². The van der Waals surface area contributed by atoms with Crippen molar-refractivity contribution in [2.45, 2.75) is 166 Å². The van der Waals surface area contributed by atoms with Crippen LogP contribution in [0.4, 0.5) is 0 Å².